The van der Waals surface area contributed by atoms with Gasteiger partial charge < -0.3 is 9.47 Å². The first-order chi connectivity index (χ1) is 16.5. The summed E-state index contributed by atoms with van der Waals surface area (Å²) < 4.78 is 12.5. The minimum atomic E-state index is -0.407. The molecule has 1 aromatic heterocycles. The number of rotatable bonds is 9. The molecule has 9 heteroatoms. The lowest BCUT2D eigenvalue weighted by atomic mass is 9.97. The number of benzene rings is 2. The fourth-order valence-electron chi connectivity index (χ4n) is 4.13. The quantitative estimate of drug-likeness (QED) is 0.131. The van der Waals surface area contributed by atoms with Gasteiger partial charge in [-0.3, -0.25) is 19.5 Å². The second-order valence-corrected chi connectivity index (χ2v) is 9.09. The highest BCUT2D eigenvalue weighted by Gasteiger charge is 2.17. The number of nitrogens with zero attached hydrogens (tertiary/aromatic N) is 3. The molecule has 8 nitrogen and oxygen atoms in total. The Hall–Kier alpha value is -3.33. The summed E-state index contributed by atoms with van der Waals surface area (Å²) in [5.41, 5.74) is 2.60. The number of hydrogen-bond acceptors (Lipinski definition) is 7. The molecule has 1 aliphatic rings. The Kier molecular flexibility index (Phi) is 7.52. The topological polar surface area (TPSA) is 96.5 Å². The number of non-ortho nitro benzene ring substituents is 1. The lowest BCUT2D eigenvalue weighted by Gasteiger charge is -2.17. The maximum Gasteiger partial charge on any atom is 0.269 e. The molecule has 0 fully saturated rings. The van der Waals surface area contributed by atoms with Crippen molar-refractivity contribution >= 4 is 28.4 Å². The summed E-state index contributed by atoms with van der Waals surface area (Å²) in [5.74, 6) is 1.43. The predicted molar refractivity (Wildman–Crippen MR) is 133 cm³/mol. The summed E-state index contributed by atoms with van der Waals surface area (Å²) in [6.45, 7) is 0.527. The van der Waals surface area contributed by atoms with Crippen molar-refractivity contribution in [2.75, 3.05) is 14.2 Å². The largest absolute Gasteiger partial charge is 0.493 e. The third-order valence-electron chi connectivity index (χ3n) is 5.96. The fraction of sp³-hybridized carbons (Fsp3) is 0.360. The molecule has 0 spiro atoms. The zero-order valence-corrected chi connectivity index (χ0v) is 20.1. The molecule has 3 aromatic rings. The number of thioether (sulfide) groups is 1. The number of ether oxygens (including phenoxy) is 2. The molecule has 0 bridgehead atoms. The van der Waals surface area contributed by atoms with Crippen molar-refractivity contribution in [2.45, 2.75) is 49.6 Å². The van der Waals surface area contributed by atoms with E-state index in [4.69, 9.17) is 14.5 Å². The number of fused-ring (bicyclic) bond motifs is 1. The van der Waals surface area contributed by atoms with E-state index >= 15 is 0 Å². The van der Waals surface area contributed by atoms with Crippen LogP contribution in [0.15, 0.2) is 58.0 Å². The van der Waals surface area contributed by atoms with Gasteiger partial charge in [0.2, 0.25) is 0 Å². The van der Waals surface area contributed by atoms with Gasteiger partial charge in [0.05, 0.1) is 30.0 Å². The van der Waals surface area contributed by atoms with E-state index in [0.717, 1.165) is 24.8 Å². The monoisotopic (exact) mass is 481 g/mol. The highest BCUT2D eigenvalue weighted by Crippen LogP contribution is 2.32. The molecule has 34 heavy (non-hydrogen) atoms. The second-order valence-electron chi connectivity index (χ2n) is 8.15. The molecule has 0 saturated heterocycles. The highest BCUT2D eigenvalue weighted by atomic mass is 32.2. The predicted octanol–water partition coefficient (Wildman–Crippen LogP) is 5.50. The van der Waals surface area contributed by atoms with Crippen LogP contribution in [0.3, 0.4) is 0 Å². The number of allylic oxidation sites excluding steroid dienone is 2. The Balaban J connectivity index is 1.72. The van der Waals surface area contributed by atoms with Crippen LogP contribution >= 0.6 is 11.8 Å². The van der Waals surface area contributed by atoms with Gasteiger partial charge in [0.15, 0.2) is 16.7 Å². The normalized spacial score (nSPS) is 13.5. The molecule has 0 saturated carbocycles. The van der Waals surface area contributed by atoms with Gasteiger partial charge in [0.25, 0.3) is 11.2 Å². The number of nitro groups is 1. The Morgan fingerprint density at radius 3 is 2.65 bits per heavy atom. The minimum absolute atomic E-state index is 0.0445. The first kappa shape index (κ1) is 23.8. The van der Waals surface area contributed by atoms with Gasteiger partial charge in [-0.25, -0.2) is 4.98 Å². The lowest BCUT2D eigenvalue weighted by molar-refractivity contribution is -0.384. The molecule has 4 rings (SSSR count). The summed E-state index contributed by atoms with van der Waals surface area (Å²) in [4.78, 5) is 29.1. The molecule has 0 radical (unpaired) electrons. The van der Waals surface area contributed by atoms with Gasteiger partial charge in [0.1, 0.15) is 0 Å². The molecular formula is C25H27N3O5S. The molecule has 0 aliphatic heterocycles. The standard InChI is InChI=1S/C25H27N3O5S/c1-32-22-14-20-21(15-23(22)33-2)26-25(34-16-18-9-6-10-19(13-18)28(30)31)27(24(20)29)12-11-17-7-4-3-5-8-17/h6-7,9-10,13-15H,3-5,8,11-12,16H2,1-2H3. The van der Waals surface area contributed by atoms with Gasteiger partial charge in [-0.05, 0) is 43.7 Å². The zero-order valence-electron chi connectivity index (χ0n) is 19.3. The Labute approximate surface area is 201 Å². The van der Waals surface area contributed by atoms with Crippen LogP contribution in [0.2, 0.25) is 0 Å². The van der Waals surface area contributed by atoms with E-state index < -0.39 is 4.92 Å². The number of aromatic nitrogens is 2. The summed E-state index contributed by atoms with van der Waals surface area (Å²) >= 11 is 1.40. The van der Waals surface area contributed by atoms with Crippen molar-refractivity contribution in [3.05, 3.63) is 74.1 Å². The molecule has 178 valence electrons. The van der Waals surface area contributed by atoms with E-state index in [-0.39, 0.29) is 11.2 Å². The SMILES string of the molecule is COc1cc2nc(SCc3cccc([N+](=O)[O-])c3)n(CCC3=CCCCC3)c(=O)c2cc1OC. The van der Waals surface area contributed by atoms with E-state index in [2.05, 4.69) is 6.08 Å². The van der Waals surface area contributed by atoms with Gasteiger partial charge in [-0.1, -0.05) is 35.5 Å². The Bertz CT molecular complexity index is 1300. The van der Waals surface area contributed by atoms with E-state index in [0.29, 0.717) is 39.9 Å². The molecule has 0 atom stereocenters. The molecule has 0 amide bonds. The average Bonchev–Trinajstić information content (AvgIpc) is 2.87. The summed E-state index contributed by atoms with van der Waals surface area (Å²) in [6.07, 6.45) is 7.63. The first-order valence-corrected chi connectivity index (χ1v) is 12.2. The smallest absolute Gasteiger partial charge is 0.269 e. The maximum atomic E-state index is 13.5. The molecule has 1 heterocycles. The highest BCUT2D eigenvalue weighted by molar-refractivity contribution is 7.98. The van der Waals surface area contributed by atoms with Crippen molar-refractivity contribution < 1.29 is 14.4 Å². The summed E-state index contributed by atoms with van der Waals surface area (Å²) in [5, 5.41) is 12.2. The number of methoxy groups -OCH3 is 2. The lowest BCUT2D eigenvalue weighted by Crippen LogP contribution is -2.24. The summed E-state index contributed by atoms with van der Waals surface area (Å²) in [7, 11) is 3.08. The second kappa shape index (κ2) is 10.7. The van der Waals surface area contributed by atoms with Gasteiger partial charge in [-0.15, -0.1) is 0 Å². The fourth-order valence-corrected chi connectivity index (χ4v) is 5.10. The molecule has 0 unspecified atom stereocenters. The zero-order chi connectivity index (χ0) is 24.1. The maximum absolute atomic E-state index is 13.5. The van der Waals surface area contributed by atoms with E-state index in [9.17, 15) is 14.9 Å². The molecule has 1 aliphatic carbocycles. The average molecular weight is 482 g/mol. The van der Waals surface area contributed by atoms with Gasteiger partial charge in [0, 0.05) is 30.5 Å². The van der Waals surface area contributed by atoms with Crippen molar-refractivity contribution in [1.82, 2.24) is 9.55 Å². The van der Waals surface area contributed by atoms with Crippen LogP contribution in [-0.4, -0.2) is 28.7 Å². The molecule has 2 aromatic carbocycles. The van der Waals surface area contributed by atoms with Crippen LogP contribution in [0.25, 0.3) is 10.9 Å². The van der Waals surface area contributed by atoms with Crippen LogP contribution in [0.4, 0.5) is 5.69 Å². The first-order valence-electron chi connectivity index (χ1n) is 11.2. The van der Waals surface area contributed by atoms with Crippen LogP contribution in [0.1, 0.15) is 37.7 Å². The van der Waals surface area contributed by atoms with Crippen molar-refractivity contribution in [2.24, 2.45) is 0 Å². The third kappa shape index (κ3) is 5.25. The van der Waals surface area contributed by atoms with Crippen LogP contribution in [0.5, 0.6) is 11.5 Å². The van der Waals surface area contributed by atoms with Crippen LogP contribution in [-0.2, 0) is 12.3 Å². The van der Waals surface area contributed by atoms with Crippen molar-refractivity contribution in [3.8, 4) is 11.5 Å². The van der Waals surface area contributed by atoms with Crippen LogP contribution < -0.4 is 15.0 Å². The van der Waals surface area contributed by atoms with E-state index in [1.807, 2.05) is 6.07 Å². The number of hydrogen-bond donors (Lipinski definition) is 0. The minimum Gasteiger partial charge on any atom is -0.493 e. The van der Waals surface area contributed by atoms with E-state index in [1.54, 1.807) is 35.9 Å². The van der Waals surface area contributed by atoms with Gasteiger partial charge >= 0.3 is 0 Å². The van der Waals surface area contributed by atoms with Gasteiger partial charge in [-0.2, -0.15) is 0 Å². The van der Waals surface area contributed by atoms with Crippen molar-refractivity contribution in [1.29, 1.82) is 0 Å². The number of nitro benzene ring substituents is 1. The van der Waals surface area contributed by atoms with Crippen molar-refractivity contribution in [3.63, 3.8) is 0 Å². The third-order valence-corrected chi connectivity index (χ3v) is 7.00. The van der Waals surface area contributed by atoms with E-state index in [1.165, 1.54) is 43.4 Å². The molecule has 0 N–H and O–H groups in total. The molecular weight excluding hydrogens is 454 g/mol. The van der Waals surface area contributed by atoms with Crippen LogP contribution in [0, 0.1) is 10.1 Å². The summed E-state index contributed by atoms with van der Waals surface area (Å²) in [6, 6.07) is 9.91. The Morgan fingerprint density at radius 1 is 1.15 bits per heavy atom. The Morgan fingerprint density at radius 2 is 1.94 bits per heavy atom.